The highest BCUT2D eigenvalue weighted by Crippen LogP contribution is 2.42. The van der Waals surface area contributed by atoms with Crippen LogP contribution in [0.3, 0.4) is 0 Å². The molecule has 1 amide bonds. The fraction of sp³-hybridized carbons (Fsp3) is 0.364. The lowest BCUT2D eigenvalue weighted by Gasteiger charge is -2.27. The van der Waals surface area contributed by atoms with Crippen molar-refractivity contribution in [2.75, 3.05) is 6.61 Å². The van der Waals surface area contributed by atoms with Gasteiger partial charge in [0.15, 0.2) is 6.61 Å². The largest absolute Gasteiger partial charge is 0.455 e. The van der Waals surface area contributed by atoms with Crippen LogP contribution < -0.4 is 5.32 Å². The first-order chi connectivity index (χ1) is 12.6. The molecular formula is C22H25NO3. The molecule has 26 heavy (non-hydrogen) atoms. The molecule has 1 fully saturated rings. The molecule has 3 rings (SSSR count). The molecule has 2 aromatic carbocycles. The van der Waals surface area contributed by atoms with Gasteiger partial charge in [0.25, 0.3) is 5.91 Å². The Balaban J connectivity index is 1.59. The predicted molar refractivity (Wildman–Crippen MR) is 101 cm³/mol. The maximum absolute atomic E-state index is 12.8. The summed E-state index contributed by atoms with van der Waals surface area (Å²) in [5.74, 6) is -0.570. The number of carbonyl (C=O) groups is 2. The van der Waals surface area contributed by atoms with Gasteiger partial charge in [-0.25, -0.2) is 0 Å². The van der Waals surface area contributed by atoms with Gasteiger partial charge < -0.3 is 10.1 Å². The van der Waals surface area contributed by atoms with E-state index < -0.39 is 5.41 Å². The summed E-state index contributed by atoms with van der Waals surface area (Å²) in [6.07, 6.45) is 3.55. The third kappa shape index (κ3) is 3.96. The fourth-order valence-corrected chi connectivity index (χ4v) is 3.72. The smallest absolute Gasteiger partial charge is 0.317 e. The Morgan fingerprint density at radius 1 is 1.00 bits per heavy atom. The summed E-state index contributed by atoms with van der Waals surface area (Å²) >= 11 is 0. The monoisotopic (exact) mass is 351 g/mol. The van der Waals surface area contributed by atoms with Crippen molar-refractivity contribution >= 4 is 11.9 Å². The number of carbonyl (C=O) groups excluding carboxylic acids is 2. The average molecular weight is 351 g/mol. The van der Waals surface area contributed by atoms with Crippen LogP contribution in [0.2, 0.25) is 0 Å². The summed E-state index contributed by atoms with van der Waals surface area (Å²) in [5, 5.41) is 2.88. The molecule has 1 aliphatic carbocycles. The number of ether oxygens (including phenoxy) is 1. The van der Waals surface area contributed by atoms with Crippen LogP contribution in [0.4, 0.5) is 0 Å². The van der Waals surface area contributed by atoms with Gasteiger partial charge in [-0.15, -0.1) is 0 Å². The van der Waals surface area contributed by atoms with Crippen LogP contribution >= 0.6 is 0 Å². The molecule has 4 heteroatoms. The van der Waals surface area contributed by atoms with Crippen LogP contribution in [-0.4, -0.2) is 18.5 Å². The summed E-state index contributed by atoms with van der Waals surface area (Å²) in [6, 6.07) is 19.4. The van der Waals surface area contributed by atoms with Crippen LogP contribution in [0.1, 0.15) is 49.8 Å². The van der Waals surface area contributed by atoms with Crippen molar-refractivity contribution < 1.29 is 14.3 Å². The van der Waals surface area contributed by atoms with Gasteiger partial charge >= 0.3 is 5.97 Å². The highest BCUT2D eigenvalue weighted by molar-refractivity contribution is 5.86. The zero-order valence-corrected chi connectivity index (χ0v) is 15.1. The van der Waals surface area contributed by atoms with Crippen molar-refractivity contribution in [2.45, 2.75) is 44.1 Å². The van der Waals surface area contributed by atoms with Crippen molar-refractivity contribution in [3.05, 3.63) is 71.8 Å². The molecular weight excluding hydrogens is 326 g/mol. The van der Waals surface area contributed by atoms with Crippen LogP contribution in [0.25, 0.3) is 0 Å². The van der Waals surface area contributed by atoms with Crippen molar-refractivity contribution in [1.29, 1.82) is 0 Å². The van der Waals surface area contributed by atoms with E-state index in [2.05, 4.69) is 5.32 Å². The minimum atomic E-state index is -0.605. The Hall–Kier alpha value is -2.62. The standard InChI is InChI=1S/C22H25NO3/c1-17(18-10-4-2-5-11-18)23-20(24)16-26-21(25)22(14-8-9-15-22)19-12-6-3-7-13-19/h2-7,10-13,17H,8-9,14-16H2,1H3,(H,23,24). The SMILES string of the molecule is CC(NC(=O)COC(=O)C1(c2ccccc2)CCCC1)c1ccccc1. The minimum absolute atomic E-state index is 0.128. The zero-order chi connectivity index (χ0) is 18.4. The van der Waals surface area contributed by atoms with Crippen molar-refractivity contribution in [3.8, 4) is 0 Å². The average Bonchev–Trinajstić information content (AvgIpc) is 3.18. The van der Waals surface area contributed by atoms with Crippen LogP contribution in [-0.2, 0) is 19.7 Å². The first-order valence-corrected chi connectivity index (χ1v) is 9.19. The lowest BCUT2D eigenvalue weighted by Crippen LogP contribution is -2.38. The molecule has 0 bridgehead atoms. The molecule has 1 N–H and O–H groups in total. The second kappa shape index (κ2) is 8.17. The lowest BCUT2D eigenvalue weighted by molar-refractivity contribution is -0.154. The van der Waals surface area contributed by atoms with Crippen LogP contribution in [0, 0.1) is 0 Å². The highest BCUT2D eigenvalue weighted by atomic mass is 16.5. The maximum atomic E-state index is 12.8. The van der Waals surface area contributed by atoms with E-state index in [1.807, 2.05) is 67.6 Å². The van der Waals surface area contributed by atoms with Gasteiger partial charge in [0, 0.05) is 0 Å². The van der Waals surface area contributed by atoms with E-state index in [4.69, 9.17) is 4.74 Å². The Bertz CT molecular complexity index is 736. The summed E-state index contributed by atoms with van der Waals surface area (Å²) < 4.78 is 5.43. The van der Waals surface area contributed by atoms with Crippen molar-refractivity contribution in [3.63, 3.8) is 0 Å². The predicted octanol–water partition coefficient (Wildman–Crippen LogP) is 3.92. The quantitative estimate of drug-likeness (QED) is 0.803. The number of nitrogens with one attached hydrogen (secondary N) is 1. The molecule has 1 aliphatic rings. The number of rotatable bonds is 6. The summed E-state index contributed by atoms with van der Waals surface area (Å²) in [7, 11) is 0. The maximum Gasteiger partial charge on any atom is 0.317 e. The molecule has 2 aromatic rings. The van der Waals surface area contributed by atoms with Crippen LogP contribution in [0.5, 0.6) is 0 Å². The van der Waals surface area contributed by atoms with Crippen LogP contribution in [0.15, 0.2) is 60.7 Å². The number of hydrogen-bond donors (Lipinski definition) is 1. The Labute approximate surface area is 154 Å². The number of hydrogen-bond acceptors (Lipinski definition) is 3. The molecule has 0 saturated heterocycles. The normalized spacial score (nSPS) is 16.7. The minimum Gasteiger partial charge on any atom is -0.455 e. The molecule has 136 valence electrons. The van der Waals surface area contributed by atoms with E-state index in [1.54, 1.807) is 0 Å². The summed E-state index contributed by atoms with van der Waals surface area (Å²) in [6.45, 7) is 1.67. The van der Waals surface area contributed by atoms with Crippen molar-refractivity contribution in [1.82, 2.24) is 5.32 Å². The number of amides is 1. The van der Waals surface area contributed by atoms with E-state index in [1.165, 1.54) is 0 Å². The molecule has 0 spiro atoms. The molecule has 1 unspecified atom stereocenters. The van der Waals surface area contributed by atoms with Gasteiger partial charge in [0.1, 0.15) is 0 Å². The van der Waals surface area contributed by atoms with Gasteiger partial charge in [0.05, 0.1) is 11.5 Å². The van der Waals surface area contributed by atoms with Gasteiger partial charge in [-0.2, -0.15) is 0 Å². The second-order valence-corrected chi connectivity index (χ2v) is 6.93. The second-order valence-electron chi connectivity index (χ2n) is 6.93. The molecule has 0 aromatic heterocycles. The fourth-order valence-electron chi connectivity index (χ4n) is 3.72. The first-order valence-electron chi connectivity index (χ1n) is 9.19. The van der Waals surface area contributed by atoms with E-state index in [9.17, 15) is 9.59 Å². The van der Waals surface area contributed by atoms with Gasteiger partial charge in [-0.05, 0) is 30.9 Å². The van der Waals surface area contributed by atoms with Gasteiger partial charge in [0.2, 0.25) is 0 Å². The van der Waals surface area contributed by atoms with Gasteiger partial charge in [-0.1, -0.05) is 73.5 Å². The molecule has 1 saturated carbocycles. The zero-order valence-electron chi connectivity index (χ0n) is 15.1. The molecule has 0 radical (unpaired) electrons. The summed E-state index contributed by atoms with van der Waals surface area (Å²) in [5.41, 5.74) is 1.40. The molecule has 0 aliphatic heterocycles. The third-order valence-corrected chi connectivity index (χ3v) is 5.19. The van der Waals surface area contributed by atoms with Gasteiger partial charge in [-0.3, -0.25) is 9.59 Å². The Kier molecular flexibility index (Phi) is 5.71. The van der Waals surface area contributed by atoms with E-state index >= 15 is 0 Å². The Morgan fingerprint density at radius 2 is 1.58 bits per heavy atom. The molecule has 1 atom stereocenters. The number of benzene rings is 2. The van der Waals surface area contributed by atoms with E-state index in [0.29, 0.717) is 0 Å². The highest BCUT2D eigenvalue weighted by Gasteiger charge is 2.44. The van der Waals surface area contributed by atoms with E-state index in [-0.39, 0.29) is 24.5 Å². The van der Waals surface area contributed by atoms with Crippen molar-refractivity contribution in [2.24, 2.45) is 0 Å². The lowest BCUT2D eigenvalue weighted by atomic mass is 9.79. The third-order valence-electron chi connectivity index (χ3n) is 5.19. The molecule has 0 heterocycles. The number of esters is 1. The topological polar surface area (TPSA) is 55.4 Å². The Morgan fingerprint density at radius 3 is 2.19 bits per heavy atom. The molecule has 4 nitrogen and oxygen atoms in total. The van der Waals surface area contributed by atoms with E-state index in [0.717, 1.165) is 36.8 Å². The first kappa shape index (κ1) is 18.2. The summed E-state index contributed by atoms with van der Waals surface area (Å²) in [4.78, 5) is 25.0.